The largest absolute Gasteiger partial charge is 0.480 e. The zero-order valence-corrected chi connectivity index (χ0v) is 26.7. The maximum Gasteiger partial charge on any atom is 0.409 e. The highest BCUT2D eigenvalue weighted by atomic mass is 19.1. The van der Waals surface area contributed by atoms with Crippen LogP contribution >= 0.6 is 0 Å². The van der Waals surface area contributed by atoms with Gasteiger partial charge in [0.2, 0.25) is 5.91 Å². The van der Waals surface area contributed by atoms with E-state index in [1.165, 1.54) is 24.5 Å². The molecular formula is C33H34F2N8O6. The van der Waals surface area contributed by atoms with Crippen molar-refractivity contribution in [3.05, 3.63) is 93.9 Å². The highest BCUT2D eigenvalue weighted by Crippen LogP contribution is 2.46. The summed E-state index contributed by atoms with van der Waals surface area (Å²) in [5.41, 5.74) is -0.182. The second-order valence-corrected chi connectivity index (χ2v) is 12.4. The summed E-state index contributed by atoms with van der Waals surface area (Å²) >= 11 is 0. The van der Waals surface area contributed by atoms with Gasteiger partial charge in [-0.1, -0.05) is 25.1 Å². The van der Waals surface area contributed by atoms with Gasteiger partial charge >= 0.3 is 12.1 Å². The monoisotopic (exact) mass is 676 g/mol. The molecule has 4 aromatic rings. The van der Waals surface area contributed by atoms with E-state index in [-0.39, 0.29) is 5.39 Å². The van der Waals surface area contributed by atoms with Gasteiger partial charge in [-0.15, -0.1) is 0 Å². The van der Waals surface area contributed by atoms with Crippen LogP contribution in [0.25, 0.3) is 10.8 Å². The van der Waals surface area contributed by atoms with Crippen LogP contribution in [0.5, 0.6) is 0 Å². The Hall–Kier alpha value is -5.67. The maximum atomic E-state index is 15.0. The number of alkyl carbamates (subject to hydrolysis) is 1. The van der Waals surface area contributed by atoms with E-state index >= 15 is 0 Å². The number of nitrogens with one attached hydrogen (secondary N) is 3. The number of benzene rings is 2. The third-order valence-electron chi connectivity index (χ3n) is 9.02. The molecule has 49 heavy (non-hydrogen) atoms. The molecule has 0 bridgehead atoms. The smallest absolute Gasteiger partial charge is 0.409 e. The van der Waals surface area contributed by atoms with E-state index in [0.717, 1.165) is 10.7 Å². The van der Waals surface area contributed by atoms with E-state index in [1.54, 1.807) is 42.9 Å². The van der Waals surface area contributed by atoms with Crippen LogP contribution in [0.15, 0.2) is 59.7 Å². The molecule has 2 aliphatic rings. The quantitative estimate of drug-likeness (QED) is 0.202. The van der Waals surface area contributed by atoms with Crippen molar-refractivity contribution in [2.75, 3.05) is 11.9 Å². The van der Waals surface area contributed by atoms with Gasteiger partial charge in [-0.2, -0.15) is 10.2 Å². The molecule has 256 valence electrons. The Balaban J connectivity index is 1.26. The lowest BCUT2D eigenvalue weighted by molar-refractivity contribution is -0.140. The van der Waals surface area contributed by atoms with Gasteiger partial charge in [0.15, 0.2) is 0 Å². The average molecular weight is 677 g/mol. The van der Waals surface area contributed by atoms with E-state index in [1.807, 2.05) is 0 Å². The summed E-state index contributed by atoms with van der Waals surface area (Å²) in [6.45, 7) is 0.828. The summed E-state index contributed by atoms with van der Waals surface area (Å²) in [7, 11) is 1.70. The van der Waals surface area contributed by atoms with Gasteiger partial charge < -0.3 is 25.8 Å². The molecule has 16 heteroatoms. The Kier molecular flexibility index (Phi) is 9.12. The summed E-state index contributed by atoms with van der Waals surface area (Å²) in [5, 5.41) is 26.5. The first kappa shape index (κ1) is 33.2. The molecule has 14 nitrogen and oxygen atoms in total. The van der Waals surface area contributed by atoms with Gasteiger partial charge in [0.25, 0.3) is 5.56 Å². The Bertz CT molecular complexity index is 2010. The molecular weight excluding hydrogens is 642 g/mol. The van der Waals surface area contributed by atoms with Crippen LogP contribution in [0.1, 0.15) is 61.6 Å². The molecule has 0 saturated carbocycles. The molecule has 4 atom stereocenters. The summed E-state index contributed by atoms with van der Waals surface area (Å²) < 4.78 is 37.0. The standard InChI is InChI=1S/C33H34F2N8O6/c1-33(31(47)36-15-24(44)45)11-4-3-5-21(10-12-33)49-32(48)38-17-43-30(46)22-13-20(35)14-23-25(22)28(41-43)26(29-37-16-39-42(29)2)27(40-23)18-6-8-19(34)9-7-18/h3,5-9,13-14,16,21,26-27,40H,4,10-12,15,17H2,1-2H3,(H,36,47)(H,38,48)(H,44,45)/b5-3+/t21-,26+,27+,33+/m0/s1. The summed E-state index contributed by atoms with van der Waals surface area (Å²) in [6, 6.07) is 7.58. The van der Waals surface area contributed by atoms with Crippen molar-refractivity contribution >= 4 is 34.4 Å². The number of amides is 2. The summed E-state index contributed by atoms with van der Waals surface area (Å²) in [4.78, 5) is 54.7. The fourth-order valence-electron chi connectivity index (χ4n) is 6.41. The van der Waals surface area contributed by atoms with Crippen molar-refractivity contribution in [1.29, 1.82) is 0 Å². The number of aryl methyl sites for hydroxylation is 1. The van der Waals surface area contributed by atoms with E-state index in [0.29, 0.717) is 53.8 Å². The number of nitrogens with zero attached hydrogens (tertiary/aromatic N) is 5. The van der Waals surface area contributed by atoms with Gasteiger partial charge in [-0.25, -0.2) is 23.2 Å². The molecule has 0 saturated heterocycles. The lowest BCUT2D eigenvalue weighted by Gasteiger charge is -2.34. The number of aliphatic carboxylic acids is 1. The summed E-state index contributed by atoms with van der Waals surface area (Å²) in [6.07, 6.45) is 4.95. The molecule has 3 heterocycles. The van der Waals surface area contributed by atoms with Crippen LogP contribution in [-0.2, 0) is 28.0 Å². The lowest BCUT2D eigenvalue weighted by atomic mass is 9.78. The molecule has 4 N–H and O–H groups in total. The second-order valence-electron chi connectivity index (χ2n) is 12.4. The zero-order valence-electron chi connectivity index (χ0n) is 26.7. The number of hydrogen-bond donors (Lipinski definition) is 4. The number of hydrogen-bond acceptors (Lipinski definition) is 9. The van der Waals surface area contributed by atoms with Crippen molar-refractivity contribution in [2.24, 2.45) is 12.5 Å². The van der Waals surface area contributed by atoms with Crippen molar-refractivity contribution in [1.82, 2.24) is 35.2 Å². The van der Waals surface area contributed by atoms with E-state index in [9.17, 15) is 28.0 Å². The van der Waals surface area contributed by atoms with Crippen LogP contribution in [0, 0.1) is 17.0 Å². The Morgan fingerprint density at radius 3 is 2.61 bits per heavy atom. The number of rotatable bonds is 8. The minimum Gasteiger partial charge on any atom is -0.480 e. The third-order valence-corrected chi connectivity index (χ3v) is 9.02. The molecule has 6 rings (SSSR count). The van der Waals surface area contributed by atoms with Gasteiger partial charge in [0.05, 0.1) is 23.0 Å². The Morgan fingerprint density at radius 1 is 1.12 bits per heavy atom. The predicted octanol–water partition coefficient (Wildman–Crippen LogP) is 3.49. The zero-order chi connectivity index (χ0) is 34.9. The van der Waals surface area contributed by atoms with E-state index in [4.69, 9.17) is 9.84 Å². The topological polar surface area (TPSA) is 182 Å². The first-order chi connectivity index (χ1) is 23.4. The van der Waals surface area contributed by atoms with Crippen LogP contribution in [0.3, 0.4) is 0 Å². The molecule has 0 spiro atoms. The molecule has 0 radical (unpaired) electrons. The minimum atomic E-state index is -1.15. The van der Waals surface area contributed by atoms with Crippen molar-refractivity contribution in [3.8, 4) is 0 Å². The molecule has 2 aromatic carbocycles. The number of carbonyl (C=O) groups excluding carboxylic acids is 2. The second kappa shape index (κ2) is 13.4. The van der Waals surface area contributed by atoms with Crippen LogP contribution < -0.4 is 21.5 Å². The third kappa shape index (κ3) is 6.84. The number of aromatic nitrogens is 5. The summed E-state index contributed by atoms with van der Waals surface area (Å²) in [5.74, 6) is -2.84. The first-order valence-corrected chi connectivity index (χ1v) is 15.6. The number of carboxylic acid groups (broad SMARTS) is 1. The van der Waals surface area contributed by atoms with Gasteiger partial charge in [-0.3, -0.25) is 19.1 Å². The molecule has 1 aliphatic heterocycles. The fourth-order valence-corrected chi connectivity index (χ4v) is 6.41. The molecule has 0 unspecified atom stereocenters. The molecule has 0 fully saturated rings. The first-order valence-electron chi connectivity index (χ1n) is 15.6. The van der Waals surface area contributed by atoms with Gasteiger partial charge in [-0.05, 0) is 61.6 Å². The highest BCUT2D eigenvalue weighted by molar-refractivity contribution is 5.97. The molecule has 1 aliphatic carbocycles. The van der Waals surface area contributed by atoms with Crippen molar-refractivity contribution in [3.63, 3.8) is 0 Å². The predicted molar refractivity (Wildman–Crippen MR) is 171 cm³/mol. The normalized spacial score (nSPS) is 22.3. The Morgan fingerprint density at radius 2 is 1.90 bits per heavy atom. The lowest BCUT2D eigenvalue weighted by Crippen LogP contribution is -2.42. The minimum absolute atomic E-state index is 0.0239. The van der Waals surface area contributed by atoms with Crippen LogP contribution in [0.4, 0.5) is 19.3 Å². The fraction of sp³-hybridized carbons (Fsp3) is 0.364. The van der Waals surface area contributed by atoms with Crippen LogP contribution in [0.2, 0.25) is 0 Å². The molecule has 2 amide bonds. The number of anilines is 1. The SMILES string of the molecule is Cn1ncnc1[C@H]1c2nn(CNC(=O)O[C@H]3/C=C/CC[C@@](C)(C(=O)NCC(=O)O)CC3)c(=O)c3cc(F)cc(c23)N[C@@H]1c1ccc(F)cc1. The number of carboxylic acids is 1. The Labute approximate surface area is 278 Å². The van der Waals surface area contributed by atoms with E-state index in [2.05, 4.69) is 31.1 Å². The van der Waals surface area contributed by atoms with Crippen LogP contribution in [-0.4, -0.2) is 60.3 Å². The van der Waals surface area contributed by atoms with Gasteiger partial charge in [0, 0.05) is 23.5 Å². The highest BCUT2D eigenvalue weighted by Gasteiger charge is 2.39. The number of carbonyl (C=O) groups is 3. The number of ether oxygens (including phenoxy) is 1. The van der Waals surface area contributed by atoms with Crippen molar-refractivity contribution < 1.29 is 33.0 Å². The van der Waals surface area contributed by atoms with Gasteiger partial charge in [0.1, 0.15) is 43.1 Å². The van der Waals surface area contributed by atoms with E-state index < -0.39 is 71.9 Å². The maximum absolute atomic E-state index is 15.0. The number of allylic oxidation sites excluding steroid dienone is 1. The average Bonchev–Trinajstić information content (AvgIpc) is 3.49. The van der Waals surface area contributed by atoms with Crippen molar-refractivity contribution in [2.45, 2.75) is 57.3 Å². The molecule has 2 aromatic heterocycles. The number of halogens is 2.